The van der Waals surface area contributed by atoms with E-state index >= 15 is 0 Å². The van der Waals surface area contributed by atoms with Gasteiger partial charge in [0.05, 0.1) is 5.25 Å². The van der Waals surface area contributed by atoms with Crippen LogP contribution in [0, 0.1) is 0 Å². The molecule has 0 saturated carbocycles. The maximum atomic E-state index is 11.8. The van der Waals surface area contributed by atoms with Crippen molar-refractivity contribution >= 4 is 21.6 Å². The van der Waals surface area contributed by atoms with E-state index < -0.39 is 15.3 Å². The van der Waals surface area contributed by atoms with E-state index in [4.69, 9.17) is 0 Å². The molecule has 0 aliphatic carbocycles. The van der Waals surface area contributed by atoms with E-state index in [1.54, 1.807) is 13.8 Å². The first-order valence-corrected chi connectivity index (χ1v) is 9.27. The van der Waals surface area contributed by atoms with E-state index in [-0.39, 0.29) is 5.91 Å². The second kappa shape index (κ2) is 8.90. The van der Waals surface area contributed by atoms with E-state index in [9.17, 15) is 13.2 Å². The summed E-state index contributed by atoms with van der Waals surface area (Å²) >= 11 is 0. The van der Waals surface area contributed by atoms with E-state index in [2.05, 4.69) is 17.0 Å². The first-order valence-electron chi connectivity index (χ1n) is 7.72. The summed E-state index contributed by atoms with van der Waals surface area (Å²) in [7, 11) is -3.20. The predicted molar refractivity (Wildman–Crippen MR) is 90.4 cm³/mol. The van der Waals surface area contributed by atoms with Crippen LogP contribution in [0.3, 0.4) is 0 Å². The normalized spacial score (nSPS) is 11.6. The Bertz CT molecular complexity index is 566. The molecule has 0 atom stereocenters. The smallest absolute Gasteiger partial charge is 0.224 e. The molecule has 0 bridgehead atoms. The van der Waals surface area contributed by atoms with Gasteiger partial charge < -0.3 is 5.32 Å². The second-order valence-corrected chi connectivity index (χ2v) is 7.87. The lowest BCUT2D eigenvalue weighted by Crippen LogP contribution is -2.31. The highest BCUT2D eigenvalue weighted by Gasteiger charge is 2.14. The van der Waals surface area contributed by atoms with Gasteiger partial charge in [0.15, 0.2) is 0 Å². The molecule has 22 heavy (non-hydrogen) atoms. The van der Waals surface area contributed by atoms with Gasteiger partial charge in [0.2, 0.25) is 15.9 Å². The summed E-state index contributed by atoms with van der Waals surface area (Å²) in [4.78, 5) is 11.8. The van der Waals surface area contributed by atoms with Crippen LogP contribution in [0.5, 0.6) is 0 Å². The highest BCUT2D eigenvalue weighted by atomic mass is 32.2. The molecule has 1 amide bonds. The molecular formula is C16H26N2O3S. The number of carbonyl (C=O) groups is 1. The van der Waals surface area contributed by atoms with Gasteiger partial charge in [-0.05, 0) is 50.8 Å². The van der Waals surface area contributed by atoms with Crippen molar-refractivity contribution in [1.29, 1.82) is 0 Å². The van der Waals surface area contributed by atoms with Crippen molar-refractivity contribution < 1.29 is 13.2 Å². The number of benzene rings is 1. The average Bonchev–Trinajstić information content (AvgIpc) is 2.47. The molecule has 0 radical (unpaired) electrons. The highest BCUT2D eigenvalue weighted by Crippen LogP contribution is 2.10. The van der Waals surface area contributed by atoms with Crippen LogP contribution >= 0.6 is 0 Å². The lowest BCUT2D eigenvalue weighted by Gasteiger charge is -2.09. The Morgan fingerprint density at radius 3 is 2.32 bits per heavy atom. The number of amides is 1. The largest absolute Gasteiger partial charge is 0.326 e. The third-order valence-electron chi connectivity index (χ3n) is 3.40. The lowest BCUT2D eigenvalue weighted by molar-refractivity contribution is -0.116. The third-order valence-corrected chi connectivity index (χ3v) is 5.25. The number of hydrogen-bond acceptors (Lipinski definition) is 3. The first kappa shape index (κ1) is 18.6. The fourth-order valence-corrected chi connectivity index (χ4v) is 2.60. The van der Waals surface area contributed by atoms with Gasteiger partial charge in [-0.3, -0.25) is 4.79 Å². The molecule has 1 rings (SSSR count). The van der Waals surface area contributed by atoms with Crippen LogP contribution < -0.4 is 10.0 Å². The molecule has 0 unspecified atom stereocenters. The minimum absolute atomic E-state index is 0.0454. The van der Waals surface area contributed by atoms with Crippen molar-refractivity contribution in [2.24, 2.45) is 0 Å². The SMILES string of the molecule is CCc1ccc(NC(=O)CCCCNS(=O)(=O)C(C)C)cc1. The van der Waals surface area contributed by atoms with Crippen molar-refractivity contribution in [3.8, 4) is 0 Å². The molecule has 1 aromatic rings. The summed E-state index contributed by atoms with van der Waals surface area (Å²) in [6.07, 6.45) is 2.66. The summed E-state index contributed by atoms with van der Waals surface area (Å²) in [6.45, 7) is 5.74. The van der Waals surface area contributed by atoms with Crippen LogP contribution in [0.15, 0.2) is 24.3 Å². The van der Waals surface area contributed by atoms with Crippen LogP contribution in [0.2, 0.25) is 0 Å². The summed E-state index contributed by atoms with van der Waals surface area (Å²) in [5, 5.41) is 2.41. The summed E-state index contributed by atoms with van der Waals surface area (Å²) in [5.41, 5.74) is 2.03. The molecule has 0 aromatic heterocycles. The Kier molecular flexibility index (Phi) is 7.55. The third kappa shape index (κ3) is 6.58. The molecule has 0 heterocycles. The number of anilines is 1. The number of aryl methyl sites for hydroxylation is 1. The van der Waals surface area contributed by atoms with Gasteiger partial charge in [-0.15, -0.1) is 0 Å². The Labute approximate surface area is 133 Å². The van der Waals surface area contributed by atoms with Crippen LogP contribution in [-0.2, 0) is 21.2 Å². The fourth-order valence-electron chi connectivity index (χ4n) is 1.84. The topological polar surface area (TPSA) is 75.3 Å². The van der Waals surface area contributed by atoms with Gasteiger partial charge in [-0.1, -0.05) is 19.1 Å². The summed E-state index contributed by atoms with van der Waals surface area (Å²) < 4.78 is 25.6. The van der Waals surface area contributed by atoms with Gasteiger partial charge in [0.25, 0.3) is 0 Å². The maximum Gasteiger partial charge on any atom is 0.224 e. The molecule has 0 fully saturated rings. The molecule has 2 N–H and O–H groups in total. The van der Waals surface area contributed by atoms with Crippen molar-refractivity contribution in [1.82, 2.24) is 4.72 Å². The van der Waals surface area contributed by atoms with Gasteiger partial charge in [-0.25, -0.2) is 13.1 Å². The van der Waals surface area contributed by atoms with Crippen LogP contribution in [0.4, 0.5) is 5.69 Å². The van der Waals surface area contributed by atoms with Crippen molar-refractivity contribution in [2.45, 2.75) is 51.7 Å². The molecule has 0 aliphatic rings. The monoisotopic (exact) mass is 326 g/mol. The van der Waals surface area contributed by atoms with Crippen LogP contribution in [0.1, 0.15) is 45.6 Å². The minimum atomic E-state index is -3.20. The average molecular weight is 326 g/mol. The zero-order chi connectivity index (χ0) is 16.6. The Morgan fingerprint density at radius 2 is 1.77 bits per heavy atom. The van der Waals surface area contributed by atoms with E-state index in [0.717, 1.165) is 12.1 Å². The number of unbranched alkanes of at least 4 members (excludes halogenated alkanes) is 1. The lowest BCUT2D eigenvalue weighted by atomic mass is 10.1. The fraction of sp³-hybridized carbons (Fsp3) is 0.562. The highest BCUT2D eigenvalue weighted by molar-refractivity contribution is 7.90. The molecule has 0 spiro atoms. The number of hydrogen-bond donors (Lipinski definition) is 2. The molecular weight excluding hydrogens is 300 g/mol. The Hall–Kier alpha value is -1.40. The summed E-state index contributed by atoms with van der Waals surface area (Å²) in [6, 6.07) is 7.79. The molecule has 5 nitrogen and oxygen atoms in total. The van der Waals surface area contributed by atoms with E-state index in [1.807, 2.05) is 24.3 Å². The Balaban J connectivity index is 2.23. The molecule has 0 saturated heterocycles. The van der Waals surface area contributed by atoms with Crippen molar-refractivity contribution in [3.05, 3.63) is 29.8 Å². The first-order chi connectivity index (χ1) is 10.3. The molecule has 124 valence electrons. The zero-order valence-electron chi connectivity index (χ0n) is 13.6. The molecule has 6 heteroatoms. The van der Waals surface area contributed by atoms with E-state index in [1.165, 1.54) is 5.56 Å². The minimum Gasteiger partial charge on any atom is -0.326 e. The zero-order valence-corrected chi connectivity index (χ0v) is 14.4. The van der Waals surface area contributed by atoms with E-state index in [0.29, 0.717) is 25.8 Å². The van der Waals surface area contributed by atoms with Gasteiger partial charge in [0, 0.05) is 18.7 Å². The van der Waals surface area contributed by atoms with Gasteiger partial charge in [0.1, 0.15) is 0 Å². The van der Waals surface area contributed by atoms with Gasteiger partial charge >= 0.3 is 0 Å². The number of rotatable bonds is 9. The van der Waals surface area contributed by atoms with Crippen molar-refractivity contribution in [3.63, 3.8) is 0 Å². The maximum absolute atomic E-state index is 11.8. The Morgan fingerprint density at radius 1 is 1.14 bits per heavy atom. The number of sulfonamides is 1. The second-order valence-electron chi connectivity index (χ2n) is 5.54. The predicted octanol–water partition coefficient (Wildman–Crippen LogP) is 2.69. The molecule has 0 aliphatic heterocycles. The van der Waals surface area contributed by atoms with Crippen molar-refractivity contribution in [2.75, 3.05) is 11.9 Å². The van der Waals surface area contributed by atoms with Crippen LogP contribution in [-0.4, -0.2) is 26.1 Å². The molecule has 1 aromatic carbocycles. The number of carbonyl (C=O) groups excluding carboxylic acids is 1. The van der Waals surface area contributed by atoms with Crippen LogP contribution in [0.25, 0.3) is 0 Å². The quantitative estimate of drug-likeness (QED) is 0.685. The van der Waals surface area contributed by atoms with Gasteiger partial charge in [-0.2, -0.15) is 0 Å². The number of nitrogens with one attached hydrogen (secondary N) is 2. The summed E-state index contributed by atoms with van der Waals surface area (Å²) in [5.74, 6) is -0.0454. The standard InChI is InChI=1S/C16H26N2O3S/c1-4-14-8-10-15(11-9-14)18-16(19)7-5-6-12-17-22(20,21)13(2)3/h8-11,13,17H,4-7,12H2,1-3H3,(H,18,19).